The Labute approximate surface area is 355 Å². The van der Waals surface area contributed by atoms with Gasteiger partial charge in [0.15, 0.2) is 36.7 Å². The van der Waals surface area contributed by atoms with Crippen LogP contribution in [-0.2, 0) is 19.6 Å². The number of hydrogen-bond acceptors (Lipinski definition) is 3. The van der Waals surface area contributed by atoms with Crippen LogP contribution in [0.4, 0.5) is 17.1 Å². The van der Waals surface area contributed by atoms with Crippen LogP contribution in [0.15, 0.2) is 116 Å². The molecule has 0 aliphatic carbocycles. The topological polar surface area (TPSA) is 111 Å². The maximum absolute atomic E-state index is 9.31. The molecule has 0 unspecified atom stereocenters. The van der Waals surface area contributed by atoms with Crippen molar-refractivity contribution in [2.75, 3.05) is 0 Å². The summed E-state index contributed by atoms with van der Waals surface area (Å²) in [5, 5.41) is 30.6. The Hall–Kier alpha value is -9.33. The second-order valence-corrected chi connectivity index (χ2v) is 15.5. The number of rotatable bonds is 0. The van der Waals surface area contributed by atoms with Crippen LogP contribution >= 0.6 is 0 Å². The SMILES string of the molecule is [C-]#[N+]c1cc(C#N)c2c[n+]3n(c2c1)-c1cc(C)ccc1C3.[C-]#[N+]c1cc(C#N)c2c[n+]3n(c2c1)-c1ccc(C)cc1C3.[C-]#[N+]c1cc(C#N)c2c[n+]3n(c2c1)-c1ccccc1C3. The quantitative estimate of drug-likeness (QED) is 0.113. The number of hydrogen-bond donors (Lipinski definition) is 0. The smallest absolute Gasteiger partial charge is 0.205 e. The standard InChI is InChI=1S/2C17H11N4.C16H9N4/c1-11-3-4-16-13(5-11)9-20-10-15-12(8-18)6-14(19-2)7-17(15)21(16)20;1-11-3-4-12-9-20-10-15-13(8-18)6-14(19-2)7-17(15)21(20)16(12)5-11;1-18-13-6-12(8-17)14-10-19-9-11-4-2-3-5-15(11)20(19)16(14)7-13/h2*3-7,10H,9H2,1H3;2-7,10H,9H2/q3*+1. The van der Waals surface area contributed by atoms with E-state index in [-0.39, 0.29) is 0 Å². The molecule has 288 valence electrons. The van der Waals surface area contributed by atoms with Gasteiger partial charge in [0.05, 0.1) is 70.8 Å². The van der Waals surface area contributed by atoms with E-state index >= 15 is 0 Å². The minimum absolute atomic E-state index is 0.500. The first-order valence-corrected chi connectivity index (χ1v) is 19.6. The number of aromatic nitrogens is 6. The van der Waals surface area contributed by atoms with Gasteiger partial charge in [0, 0.05) is 16.7 Å². The lowest BCUT2D eigenvalue weighted by Crippen LogP contribution is -2.36. The van der Waals surface area contributed by atoms with Gasteiger partial charge in [0.25, 0.3) is 0 Å². The zero-order chi connectivity index (χ0) is 42.8. The van der Waals surface area contributed by atoms with Crippen LogP contribution in [0.3, 0.4) is 0 Å². The monoisotopic (exact) mass is 799 g/mol. The largest absolute Gasteiger partial charge is 0.238 e. The molecular weight excluding hydrogens is 769 g/mol. The van der Waals surface area contributed by atoms with Crippen LogP contribution in [0.5, 0.6) is 0 Å². The van der Waals surface area contributed by atoms with E-state index in [9.17, 15) is 15.8 Å². The average molecular weight is 800 g/mol. The van der Waals surface area contributed by atoms with Gasteiger partial charge in [-0.1, -0.05) is 42.0 Å². The van der Waals surface area contributed by atoms with Crippen LogP contribution < -0.4 is 14.0 Å². The molecule has 0 spiro atoms. The normalized spacial score (nSPS) is 11.7. The molecule has 3 aromatic heterocycles. The first-order chi connectivity index (χ1) is 30.2. The van der Waals surface area contributed by atoms with Crippen molar-refractivity contribution in [2.45, 2.75) is 33.5 Å². The van der Waals surface area contributed by atoms with E-state index < -0.39 is 0 Å². The molecule has 0 fully saturated rings. The van der Waals surface area contributed by atoms with Gasteiger partial charge in [0.2, 0.25) is 18.6 Å². The lowest BCUT2D eigenvalue weighted by Gasteiger charge is -2.00. The highest BCUT2D eigenvalue weighted by atomic mass is 15.4. The maximum atomic E-state index is 9.31. The number of fused-ring (bicyclic) bond motifs is 15. The molecule has 6 aromatic carbocycles. The van der Waals surface area contributed by atoms with Crippen molar-refractivity contribution >= 4 is 49.8 Å². The Kier molecular flexibility index (Phi) is 8.47. The molecule has 0 saturated heterocycles. The van der Waals surface area contributed by atoms with Crippen LogP contribution in [0.2, 0.25) is 0 Å². The minimum atomic E-state index is 0.500. The molecule has 0 bridgehead atoms. The van der Waals surface area contributed by atoms with Crippen molar-refractivity contribution < 1.29 is 14.0 Å². The Morgan fingerprint density at radius 3 is 1.35 bits per heavy atom. The first kappa shape index (κ1) is 37.0. The summed E-state index contributed by atoms with van der Waals surface area (Å²) in [4.78, 5) is 10.4. The predicted octanol–water partition coefficient (Wildman–Crippen LogP) is 8.72. The summed E-state index contributed by atoms with van der Waals surface area (Å²) in [5.74, 6) is 0. The van der Waals surface area contributed by atoms with E-state index in [0.717, 1.165) is 69.4 Å². The molecule has 0 radical (unpaired) electrons. The van der Waals surface area contributed by atoms with Crippen molar-refractivity contribution in [1.82, 2.24) is 14.0 Å². The number of nitrogens with zero attached hydrogens (tertiary/aromatic N) is 12. The predicted molar refractivity (Wildman–Crippen MR) is 230 cm³/mol. The zero-order valence-electron chi connectivity index (χ0n) is 33.5. The molecule has 12 rings (SSSR count). The fraction of sp³-hybridized carbons (Fsp3) is 0.100. The first-order valence-electron chi connectivity index (χ1n) is 19.6. The average Bonchev–Trinajstić information content (AvgIpc) is 4.14. The Bertz CT molecular complexity index is 3720. The molecule has 0 atom stereocenters. The highest BCUT2D eigenvalue weighted by molar-refractivity contribution is 5.91. The third kappa shape index (κ3) is 5.73. The second kappa shape index (κ2) is 14.2. The Balaban J connectivity index is 0.000000111. The zero-order valence-corrected chi connectivity index (χ0v) is 33.5. The summed E-state index contributed by atoms with van der Waals surface area (Å²) < 4.78 is 12.6. The van der Waals surface area contributed by atoms with Gasteiger partial charge < -0.3 is 0 Å². The summed E-state index contributed by atoms with van der Waals surface area (Å²) >= 11 is 0. The van der Waals surface area contributed by atoms with Crippen LogP contribution in [0, 0.1) is 67.6 Å². The lowest BCUT2D eigenvalue weighted by atomic mass is 10.1. The summed E-state index contributed by atoms with van der Waals surface area (Å²) in [6.45, 7) is 28.2. The molecule has 0 saturated carbocycles. The molecule has 62 heavy (non-hydrogen) atoms. The van der Waals surface area contributed by atoms with Crippen LogP contribution in [0.1, 0.15) is 44.5 Å². The Morgan fingerprint density at radius 2 is 0.871 bits per heavy atom. The van der Waals surface area contributed by atoms with Crippen molar-refractivity contribution in [1.29, 1.82) is 15.8 Å². The van der Waals surface area contributed by atoms with Gasteiger partial charge in [-0.2, -0.15) is 15.8 Å². The van der Waals surface area contributed by atoms with Gasteiger partial charge in [-0.05, 0) is 80.1 Å². The summed E-state index contributed by atoms with van der Waals surface area (Å²) in [7, 11) is 0. The van der Waals surface area contributed by atoms with Crippen molar-refractivity contribution in [3.8, 4) is 35.3 Å². The van der Waals surface area contributed by atoms with E-state index in [1.165, 1.54) is 27.8 Å². The molecular formula is C50H31N12+3. The number of nitriles is 3. The molecule has 6 heterocycles. The van der Waals surface area contributed by atoms with Crippen LogP contribution in [0.25, 0.3) is 64.3 Å². The Morgan fingerprint density at radius 1 is 0.468 bits per heavy atom. The number of benzene rings is 6. The van der Waals surface area contributed by atoms with Crippen molar-refractivity contribution in [2.24, 2.45) is 0 Å². The summed E-state index contributed by atoms with van der Waals surface area (Å²) in [6, 6.07) is 38.1. The third-order valence-electron chi connectivity index (χ3n) is 11.6. The van der Waals surface area contributed by atoms with Crippen molar-refractivity contribution in [3.63, 3.8) is 0 Å². The van der Waals surface area contributed by atoms with Gasteiger partial charge in [-0.3, -0.25) is 0 Å². The second-order valence-electron chi connectivity index (χ2n) is 15.5. The van der Waals surface area contributed by atoms with Crippen LogP contribution in [-0.4, -0.2) is 14.0 Å². The highest BCUT2D eigenvalue weighted by Crippen LogP contribution is 2.33. The number of para-hydroxylation sites is 1. The highest BCUT2D eigenvalue weighted by Gasteiger charge is 2.32. The molecule has 0 N–H and O–H groups in total. The fourth-order valence-corrected chi connectivity index (χ4v) is 8.89. The molecule has 9 aromatic rings. The van der Waals surface area contributed by atoms with E-state index in [4.69, 9.17) is 19.7 Å². The maximum Gasteiger partial charge on any atom is 0.205 e. The van der Waals surface area contributed by atoms with Gasteiger partial charge in [-0.15, -0.1) is 28.1 Å². The van der Waals surface area contributed by atoms with Gasteiger partial charge in [0.1, 0.15) is 33.6 Å². The van der Waals surface area contributed by atoms with Gasteiger partial charge >= 0.3 is 0 Å². The molecule has 12 nitrogen and oxygen atoms in total. The van der Waals surface area contributed by atoms with E-state index in [1.807, 2.05) is 48.9 Å². The minimum Gasteiger partial charge on any atom is -0.238 e. The lowest BCUT2D eigenvalue weighted by molar-refractivity contribution is -0.749. The molecule has 3 aliphatic heterocycles. The summed E-state index contributed by atoms with van der Waals surface area (Å²) in [6.07, 6.45) is 5.98. The fourth-order valence-electron chi connectivity index (χ4n) is 8.89. The van der Waals surface area contributed by atoms with Gasteiger partial charge in [-0.25, -0.2) is 14.5 Å². The van der Waals surface area contributed by atoms with Crippen molar-refractivity contribution in [3.05, 3.63) is 194 Å². The molecule has 12 heteroatoms. The number of aryl methyl sites for hydroxylation is 2. The third-order valence-corrected chi connectivity index (χ3v) is 11.6. The van der Waals surface area contributed by atoms with E-state index in [2.05, 4.69) is 123 Å². The van der Waals surface area contributed by atoms with E-state index in [1.54, 1.807) is 18.2 Å². The molecule has 3 aliphatic rings. The van der Waals surface area contributed by atoms with E-state index in [0.29, 0.717) is 33.8 Å². The summed E-state index contributed by atoms with van der Waals surface area (Å²) in [5.41, 5.74) is 15.5. The molecule has 0 amide bonds.